The minimum Gasteiger partial charge on any atom is -0.496 e. The molecule has 0 saturated heterocycles. The van der Waals surface area contributed by atoms with Crippen molar-refractivity contribution < 1.29 is 23.8 Å². The minimum atomic E-state index is -0.366. The molecule has 0 aliphatic heterocycles. The van der Waals surface area contributed by atoms with Crippen LogP contribution in [0.25, 0.3) is 17.0 Å². The van der Waals surface area contributed by atoms with E-state index in [1.807, 2.05) is 0 Å². The summed E-state index contributed by atoms with van der Waals surface area (Å²) in [5.74, 6) is 0.493. The van der Waals surface area contributed by atoms with Crippen LogP contribution in [-0.4, -0.2) is 52.5 Å². The highest BCUT2D eigenvalue weighted by atomic mass is 35.5. The van der Waals surface area contributed by atoms with E-state index in [4.69, 9.17) is 25.8 Å². The standard InChI is InChI=1S/C36H56ClN5O5/c1-7-8-9-10-11-12-13-14-15-16-17-18-19-20-23-47-30(44)22-21-29(43)38-26-24-27(45-5)31(28(25-26)46-6)34-39-35-32(37)33(36(2,3)4)40-42(35)41-34/h24-25,40H,7-23H2,1-6H3,(H,38,43). The van der Waals surface area contributed by atoms with Crippen LogP contribution in [0.1, 0.15) is 136 Å². The van der Waals surface area contributed by atoms with E-state index >= 15 is 0 Å². The number of halogens is 1. The number of hydrogen-bond donors (Lipinski definition) is 2. The zero-order chi connectivity index (χ0) is 34.2. The van der Waals surface area contributed by atoms with Crippen LogP contribution < -0.4 is 14.8 Å². The molecule has 2 aromatic heterocycles. The SMILES string of the molecule is CCCCCCCCCCCCCCCCOC(=O)CCC(=O)Nc1cc(OC)c(-c2nc3c(Cl)c(C(C)(C)C)[nH]n3n2)c(OC)c1. The van der Waals surface area contributed by atoms with E-state index in [-0.39, 0.29) is 30.1 Å². The van der Waals surface area contributed by atoms with Crippen LogP contribution in [0.5, 0.6) is 11.5 Å². The molecule has 0 fully saturated rings. The van der Waals surface area contributed by atoms with Crippen molar-refractivity contribution >= 4 is 34.8 Å². The van der Waals surface area contributed by atoms with Crippen molar-refractivity contribution in [2.45, 2.75) is 136 Å². The summed E-state index contributed by atoms with van der Waals surface area (Å²) in [5.41, 5.74) is 2.09. The van der Waals surface area contributed by atoms with Gasteiger partial charge < -0.3 is 19.5 Å². The number of carbonyl (C=O) groups is 2. The molecular formula is C36H56ClN5O5. The van der Waals surface area contributed by atoms with Crippen LogP contribution >= 0.6 is 11.6 Å². The quantitative estimate of drug-likeness (QED) is 0.0805. The van der Waals surface area contributed by atoms with E-state index < -0.39 is 0 Å². The molecule has 1 aromatic carbocycles. The Kier molecular flexibility index (Phi) is 15.9. The molecule has 47 heavy (non-hydrogen) atoms. The van der Waals surface area contributed by atoms with Crippen molar-refractivity contribution in [1.82, 2.24) is 19.8 Å². The molecule has 262 valence electrons. The first-order valence-corrected chi connectivity index (χ1v) is 17.8. The summed E-state index contributed by atoms with van der Waals surface area (Å²) in [6.07, 6.45) is 17.9. The van der Waals surface area contributed by atoms with Crippen molar-refractivity contribution in [3.63, 3.8) is 0 Å². The normalized spacial score (nSPS) is 11.6. The number of ether oxygens (including phenoxy) is 3. The number of rotatable bonds is 22. The maximum atomic E-state index is 12.7. The molecule has 2 heterocycles. The van der Waals surface area contributed by atoms with Crippen LogP contribution in [-0.2, 0) is 19.7 Å². The van der Waals surface area contributed by atoms with Crippen molar-refractivity contribution in [3.8, 4) is 22.9 Å². The number of unbranched alkanes of at least 4 members (excludes halogenated alkanes) is 13. The Bertz CT molecular complexity index is 1390. The summed E-state index contributed by atoms with van der Waals surface area (Å²) < 4.78 is 18.1. The number of aromatic amines is 1. The number of H-pyrrole nitrogens is 1. The number of nitrogens with zero attached hydrogens (tertiary/aromatic N) is 3. The zero-order valence-electron chi connectivity index (χ0n) is 29.4. The van der Waals surface area contributed by atoms with Crippen molar-refractivity contribution in [2.75, 3.05) is 26.1 Å². The molecule has 2 N–H and O–H groups in total. The number of methoxy groups -OCH3 is 2. The summed E-state index contributed by atoms with van der Waals surface area (Å²) in [7, 11) is 3.04. The summed E-state index contributed by atoms with van der Waals surface area (Å²) >= 11 is 6.61. The lowest BCUT2D eigenvalue weighted by Gasteiger charge is -2.16. The van der Waals surface area contributed by atoms with Crippen LogP contribution in [0.15, 0.2) is 12.1 Å². The lowest BCUT2D eigenvalue weighted by molar-refractivity contribution is -0.144. The average Bonchev–Trinajstić information content (AvgIpc) is 3.60. The van der Waals surface area contributed by atoms with E-state index in [1.165, 1.54) is 95.9 Å². The summed E-state index contributed by atoms with van der Waals surface area (Å²) in [5, 5.41) is 11.1. The van der Waals surface area contributed by atoms with Crippen molar-refractivity contribution in [2.24, 2.45) is 0 Å². The Morgan fingerprint density at radius 1 is 0.851 bits per heavy atom. The third-order valence-corrected chi connectivity index (χ3v) is 8.68. The van der Waals surface area contributed by atoms with Gasteiger partial charge in [0.2, 0.25) is 5.91 Å². The zero-order valence-corrected chi connectivity index (χ0v) is 30.2. The Labute approximate surface area is 285 Å². The minimum absolute atomic E-state index is 0.00584. The van der Waals surface area contributed by atoms with Crippen LogP contribution in [0.4, 0.5) is 5.69 Å². The van der Waals surface area contributed by atoms with E-state index in [9.17, 15) is 9.59 Å². The first-order chi connectivity index (χ1) is 22.6. The highest BCUT2D eigenvalue weighted by molar-refractivity contribution is 6.34. The average molecular weight is 674 g/mol. The van der Waals surface area contributed by atoms with Gasteiger partial charge in [-0.25, -0.2) is 4.98 Å². The van der Waals surface area contributed by atoms with Gasteiger partial charge in [0.15, 0.2) is 11.5 Å². The number of carbonyl (C=O) groups excluding carboxylic acids is 2. The van der Waals surface area contributed by atoms with E-state index in [0.717, 1.165) is 18.5 Å². The summed E-state index contributed by atoms with van der Waals surface area (Å²) in [6.45, 7) is 8.81. The van der Waals surface area contributed by atoms with Crippen LogP contribution in [0, 0.1) is 0 Å². The van der Waals surface area contributed by atoms with E-state index in [1.54, 1.807) is 12.1 Å². The number of aromatic nitrogens is 4. The van der Waals surface area contributed by atoms with Gasteiger partial charge >= 0.3 is 5.97 Å². The molecule has 1 amide bonds. The number of esters is 1. The molecule has 0 aliphatic carbocycles. The summed E-state index contributed by atoms with van der Waals surface area (Å²) in [6, 6.07) is 3.34. The molecule has 11 heteroatoms. The molecule has 0 atom stereocenters. The lowest BCUT2D eigenvalue weighted by Crippen LogP contribution is -2.15. The second-order valence-electron chi connectivity index (χ2n) is 13.3. The van der Waals surface area contributed by atoms with Gasteiger partial charge in [-0.05, 0) is 6.42 Å². The van der Waals surface area contributed by atoms with Gasteiger partial charge in [0, 0.05) is 29.7 Å². The van der Waals surface area contributed by atoms with Crippen molar-refractivity contribution in [3.05, 3.63) is 22.8 Å². The Morgan fingerprint density at radius 2 is 1.38 bits per heavy atom. The second kappa shape index (κ2) is 19.5. The van der Waals surface area contributed by atoms with Gasteiger partial charge in [0.25, 0.3) is 0 Å². The predicted molar refractivity (Wildman–Crippen MR) is 189 cm³/mol. The lowest BCUT2D eigenvalue weighted by atomic mass is 9.92. The van der Waals surface area contributed by atoms with Gasteiger partial charge in [0.05, 0.1) is 32.9 Å². The molecule has 0 spiro atoms. The topological polar surface area (TPSA) is 120 Å². The molecule has 10 nitrogen and oxygen atoms in total. The molecule has 3 aromatic rings. The number of fused-ring (bicyclic) bond motifs is 1. The smallest absolute Gasteiger partial charge is 0.306 e. The van der Waals surface area contributed by atoms with Crippen molar-refractivity contribution in [1.29, 1.82) is 0 Å². The molecule has 0 bridgehead atoms. The van der Waals surface area contributed by atoms with Crippen LogP contribution in [0.3, 0.4) is 0 Å². The van der Waals surface area contributed by atoms with Crippen LogP contribution in [0.2, 0.25) is 5.02 Å². The molecule has 0 saturated carbocycles. The molecule has 0 aliphatic rings. The Balaban J connectivity index is 1.37. The monoisotopic (exact) mass is 673 g/mol. The fraction of sp³-hybridized carbons (Fsp3) is 0.667. The van der Waals surface area contributed by atoms with Gasteiger partial charge in [-0.3, -0.25) is 14.7 Å². The Morgan fingerprint density at radius 3 is 1.87 bits per heavy atom. The molecular weight excluding hydrogens is 618 g/mol. The number of nitrogens with one attached hydrogen (secondary N) is 2. The first-order valence-electron chi connectivity index (χ1n) is 17.5. The third-order valence-electron chi connectivity index (χ3n) is 8.32. The third kappa shape index (κ3) is 12.0. The fourth-order valence-electron chi connectivity index (χ4n) is 5.60. The second-order valence-corrected chi connectivity index (χ2v) is 13.7. The highest BCUT2D eigenvalue weighted by Crippen LogP contribution is 2.41. The van der Waals surface area contributed by atoms with E-state index in [0.29, 0.717) is 45.9 Å². The first kappa shape index (κ1) is 38.2. The number of hydrogen-bond acceptors (Lipinski definition) is 7. The summed E-state index contributed by atoms with van der Waals surface area (Å²) in [4.78, 5) is 29.5. The van der Waals surface area contributed by atoms with E-state index in [2.05, 4.69) is 48.2 Å². The molecule has 3 rings (SSSR count). The van der Waals surface area contributed by atoms with Gasteiger partial charge in [-0.1, -0.05) is 123 Å². The largest absolute Gasteiger partial charge is 0.496 e. The predicted octanol–water partition coefficient (Wildman–Crippen LogP) is 9.44. The van der Waals surface area contributed by atoms with Gasteiger partial charge in [-0.15, -0.1) is 5.10 Å². The molecule has 0 radical (unpaired) electrons. The highest BCUT2D eigenvalue weighted by Gasteiger charge is 2.26. The number of benzene rings is 1. The fourth-order valence-corrected chi connectivity index (χ4v) is 6.05. The maximum Gasteiger partial charge on any atom is 0.306 e. The Hall–Kier alpha value is -3.27. The molecule has 0 unspecified atom stereocenters. The van der Waals surface area contributed by atoms with Gasteiger partial charge in [0.1, 0.15) is 22.1 Å². The number of anilines is 1. The van der Waals surface area contributed by atoms with Gasteiger partial charge in [-0.2, -0.15) is 4.63 Å². The maximum absolute atomic E-state index is 12.7. The number of amides is 1.